The molecule has 6 nitrogen and oxygen atoms in total. The van der Waals surface area contributed by atoms with Gasteiger partial charge in [-0.3, -0.25) is 0 Å². The molecule has 1 atom stereocenters. The van der Waals surface area contributed by atoms with Crippen LogP contribution in [-0.2, 0) is 16.1 Å². The quantitative estimate of drug-likeness (QED) is 0.535. The molecule has 0 amide bonds. The second-order valence-electron chi connectivity index (χ2n) is 7.10. The van der Waals surface area contributed by atoms with Crippen molar-refractivity contribution in [1.82, 2.24) is 4.57 Å². The first kappa shape index (κ1) is 21.7. The normalized spacial score (nSPS) is 12.0. The van der Waals surface area contributed by atoms with Gasteiger partial charge in [-0.2, -0.15) is 0 Å². The lowest BCUT2D eigenvalue weighted by molar-refractivity contribution is -0.144. The number of rotatable bonds is 7. The zero-order valence-electron chi connectivity index (χ0n) is 17.4. The van der Waals surface area contributed by atoms with Gasteiger partial charge in [0.2, 0.25) is 0 Å². The Bertz CT molecular complexity index is 1120. The summed E-state index contributed by atoms with van der Waals surface area (Å²) in [5.74, 6) is -0.934. The van der Waals surface area contributed by atoms with Crippen LogP contribution in [0.1, 0.15) is 41.0 Å². The van der Waals surface area contributed by atoms with Crippen LogP contribution in [0.25, 0.3) is 10.9 Å². The first-order chi connectivity index (χ1) is 14.2. The molecule has 0 aliphatic carbocycles. The summed E-state index contributed by atoms with van der Waals surface area (Å²) in [6, 6.07) is 10.6. The van der Waals surface area contributed by atoms with Crippen molar-refractivity contribution in [2.45, 2.75) is 40.3 Å². The standard InChI is InChI=1S/C23H24ClNO5/c1-5-29-23(28)16-6-9-21-19(11-16)13(2)14(3)25(21)12-17-10-18(7-8-20(17)24)30-15(4)22(26)27/h6-11,15H,5,12H2,1-4H3,(H,26,27)/t15-/m1/s1. The smallest absolute Gasteiger partial charge is 0.344 e. The van der Waals surface area contributed by atoms with Crippen molar-refractivity contribution < 1.29 is 24.2 Å². The summed E-state index contributed by atoms with van der Waals surface area (Å²) in [5, 5.41) is 10.6. The fourth-order valence-corrected chi connectivity index (χ4v) is 3.54. The summed E-state index contributed by atoms with van der Waals surface area (Å²) in [5.41, 5.74) is 4.41. The third-order valence-corrected chi connectivity index (χ3v) is 5.53. The third kappa shape index (κ3) is 4.28. The van der Waals surface area contributed by atoms with Gasteiger partial charge in [-0.25, -0.2) is 9.59 Å². The predicted molar refractivity (Wildman–Crippen MR) is 116 cm³/mol. The number of hydrogen-bond acceptors (Lipinski definition) is 4. The van der Waals surface area contributed by atoms with Crippen molar-refractivity contribution in [3.63, 3.8) is 0 Å². The lowest BCUT2D eigenvalue weighted by Gasteiger charge is -2.14. The Balaban J connectivity index is 1.99. The van der Waals surface area contributed by atoms with Crippen LogP contribution in [0.15, 0.2) is 36.4 Å². The van der Waals surface area contributed by atoms with Gasteiger partial charge in [0.05, 0.1) is 12.2 Å². The Labute approximate surface area is 180 Å². The highest BCUT2D eigenvalue weighted by Gasteiger charge is 2.17. The first-order valence-corrected chi connectivity index (χ1v) is 10.0. The van der Waals surface area contributed by atoms with Gasteiger partial charge in [0, 0.05) is 28.2 Å². The van der Waals surface area contributed by atoms with Crippen molar-refractivity contribution in [2.24, 2.45) is 0 Å². The van der Waals surface area contributed by atoms with Crippen LogP contribution in [0.3, 0.4) is 0 Å². The van der Waals surface area contributed by atoms with Crippen LogP contribution in [0, 0.1) is 13.8 Å². The van der Waals surface area contributed by atoms with E-state index >= 15 is 0 Å². The Hall–Kier alpha value is -2.99. The lowest BCUT2D eigenvalue weighted by atomic mass is 10.1. The zero-order valence-corrected chi connectivity index (χ0v) is 18.1. The predicted octanol–water partition coefficient (Wildman–Crippen LogP) is 4.99. The molecule has 0 radical (unpaired) electrons. The summed E-state index contributed by atoms with van der Waals surface area (Å²) >= 11 is 6.41. The molecule has 7 heteroatoms. The molecule has 0 saturated heterocycles. The summed E-state index contributed by atoms with van der Waals surface area (Å²) in [6.07, 6.45) is -0.961. The second-order valence-corrected chi connectivity index (χ2v) is 7.51. The van der Waals surface area contributed by atoms with Crippen LogP contribution in [0.5, 0.6) is 5.75 Å². The molecule has 1 heterocycles. The molecule has 0 spiro atoms. The maximum absolute atomic E-state index is 12.1. The lowest BCUT2D eigenvalue weighted by Crippen LogP contribution is -2.22. The van der Waals surface area contributed by atoms with E-state index in [-0.39, 0.29) is 5.97 Å². The minimum absolute atomic E-state index is 0.327. The number of benzene rings is 2. The number of fused-ring (bicyclic) bond motifs is 1. The van der Waals surface area contributed by atoms with E-state index in [9.17, 15) is 9.59 Å². The van der Waals surface area contributed by atoms with Crippen LogP contribution < -0.4 is 4.74 Å². The number of aliphatic carboxylic acids is 1. The summed E-state index contributed by atoms with van der Waals surface area (Å²) in [4.78, 5) is 23.2. The van der Waals surface area contributed by atoms with Gasteiger partial charge < -0.3 is 19.1 Å². The molecule has 0 bridgehead atoms. The van der Waals surface area contributed by atoms with Gasteiger partial charge in [0.25, 0.3) is 0 Å². The van der Waals surface area contributed by atoms with Crippen molar-refractivity contribution in [1.29, 1.82) is 0 Å². The number of halogens is 1. The van der Waals surface area contributed by atoms with Gasteiger partial charge in [-0.05, 0) is 75.2 Å². The van der Waals surface area contributed by atoms with Crippen LogP contribution in [0.4, 0.5) is 0 Å². The summed E-state index contributed by atoms with van der Waals surface area (Å²) < 4.78 is 12.7. The monoisotopic (exact) mass is 429 g/mol. The third-order valence-electron chi connectivity index (χ3n) is 5.16. The highest BCUT2D eigenvalue weighted by Crippen LogP contribution is 2.30. The number of nitrogens with zero attached hydrogens (tertiary/aromatic N) is 1. The van der Waals surface area contributed by atoms with E-state index in [1.54, 1.807) is 31.2 Å². The SMILES string of the molecule is CCOC(=O)c1ccc2c(c1)c(C)c(C)n2Cc1cc(O[C@H](C)C(=O)O)ccc1Cl. The molecule has 2 aromatic carbocycles. The maximum atomic E-state index is 12.1. The Morgan fingerprint density at radius 3 is 2.57 bits per heavy atom. The van der Waals surface area contributed by atoms with Gasteiger partial charge in [-0.1, -0.05) is 11.6 Å². The van der Waals surface area contributed by atoms with Gasteiger partial charge >= 0.3 is 11.9 Å². The number of aromatic nitrogens is 1. The van der Waals surface area contributed by atoms with E-state index in [1.807, 2.05) is 26.0 Å². The topological polar surface area (TPSA) is 77.8 Å². The number of carbonyl (C=O) groups excluding carboxylic acids is 1. The van der Waals surface area contributed by atoms with Gasteiger partial charge in [-0.15, -0.1) is 0 Å². The van der Waals surface area contributed by atoms with E-state index in [2.05, 4.69) is 4.57 Å². The molecule has 0 aliphatic heterocycles. The zero-order chi connectivity index (χ0) is 22.0. The Kier molecular flexibility index (Phi) is 6.37. The molecule has 0 fully saturated rings. The van der Waals surface area contributed by atoms with E-state index < -0.39 is 12.1 Å². The van der Waals surface area contributed by atoms with E-state index in [0.717, 1.165) is 27.7 Å². The highest BCUT2D eigenvalue weighted by molar-refractivity contribution is 6.31. The summed E-state index contributed by atoms with van der Waals surface area (Å²) in [7, 11) is 0. The number of carboxylic acids is 1. The molecule has 0 saturated carbocycles. The molecule has 3 aromatic rings. The van der Waals surface area contributed by atoms with E-state index in [4.69, 9.17) is 26.2 Å². The van der Waals surface area contributed by atoms with Crippen molar-refractivity contribution in [3.8, 4) is 5.75 Å². The maximum Gasteiger partial charge on any atom is 0.344 e. The molecule has 1 aromatic heterocycles. The number of carboxylic acid groups (broad SMARTS) is 1. The van der Waals surface area contributed by atoms with Crippen LogP contribution in [-0.4, -0.2) is 34.3 Å². The fraction of sp³-hybridized carbons (Fsp3) is 0.304. The molecular weight excluding hydrogens is 406 g/mol. The average molecular weight is 430 g/mol. The van der Waals surface area contributed by atoms with Crippen molar-refractivity contribution >= 4 is 34.4 Å². The van der Waals surface area contributed by atoms with Crippen LogP contribution >= 0.6 is 11.6 Å². The molecular formula is C23H24ClNO5. The number of hydrogen-bond donors (Lipinski definition) is 1. The van der Waals surface area contributed by atoms with E-state index in [1.165, 1.54) is 6.92 Å². The Morgan fingerprint density at radius 2 is 1.90 bits per heavy atom. The molecule has 3 rings (SSSR count). The highest BCUT2D eigenvalue weighted by atomic mass is 35.5. The molecule has 1 N–H and O–H groups in total. The average Bonchev–Trinajstić information content (AvgIpc) is 2.95. The fourth-order valence-electron chi connectivity index (χ4n) is 3.37. The van der Waals surface area contributed by atoms with Gasteiger partial charge in [0.1, 0.15) is 5.75 Å². The minimum Gasteiger partial charge on any atom is -0.479 e. The van der Waals surface area contributed by atoms with E-state index in [0.29, 0.717) is 29.5 Å². The second kappa shape index (κ2) is 8.79. The minimum atomic E-state index is -1.04. The number of aryl methyl sites for hydroxylation is 1. The van der Waals surface area contributed by atoms with Crippen molar-refractivity contribution in [3.05, 3.63) is 63.8 Å². The molecule has 30 heavy (non-hydrogen) atoms. The van der Waals surface area contributed by atoms with Gasteiger partial charge in [0.15, 0.2) is 6.10 Å². The molecule has 158 valence electrons. The first-order valence-electron chi connectivity index (χ1n) is 9.67. The summed E-state index contributed by atoms with van der Waals surface area (Å²) in [6.45, 7) is 8.09. The number of esters is 1. The molecule has 0 unspecified atom stereocenters. The number of ether oxygens (including phenoxy) is 2. The van der Waals surface area contributed by atoms with Crippen LogP contribution in [0.2, 0.25) is 5.02 Å². The number of carbonyl (C=O) groups is 2. The Morgan fingerprint density at radius 1 is 1.17 bits per heavy atom. The largest absolute Gasteiger partial charge is 0.479 e. The van der Waals surface area contributed by atoms with Crippen molar-refractivity contribution in [2.75, 3.05) is 6.61 Å². The molecule has 0 aliphatic rings.